The van der Waals surface area contributed by atoms with Gasteiger partial charge in [-0.2, -0.15) is 0 Å². The Kier molecular flexibility index (Phi) is 14.3. The number of fused-ring (bicyclic) bond motifs is 6. The van der Waals surface area contributed by atoms with Crippen molar-refractivity contribution < 1.29 is 33.4 Å². The Hall–Kier alpha value is -5.35. The number of pyridine rings is 1. The number of hydrogen-bond acceptors (Lipinski definition) is 11. The van der Waals surface area contributed by atoms with Gasteiger partial charge in [0, 0.05) is 78.7 Å². The molecule has 356 valence electrons. The number of carbonyl (C=O) groups excluding carboxylic acids is 5. The molecule has 0 aliphatic carbocycles. The Morgan fingerprint density at radius 1 is 1.09 bits per heavy atom. The average molecular weight is 925 g/mol. The zero-order valence-corrected chi connectivity index (χ0v) is 41.3. The maximum absolute atomic E-state index is 14.6. The maximum Gasteiger partial charge on any atom is 0.410 e. The molecule has 16 heteroatoms. The van der Waals surface area contributed by atoms with Crippen LogP contribution in [0.1, 0.15) is 111 Å². The number of cyclic esters (lactones) is 1. The van der Waals surface area contributed by atoms with Gasteiger partial charge in [-0.15, -0.1) is 11.3 Å². The number of amides is 4. The summed E-state index contributed by atoms with van der Waals surface area (Å²) in [6, 6.07) is 7.78. The predicted molar refractivity (Wildman–Crippen MR) is 255 cm³/mol. The molecule has 4 atom stereocenters. The van der Waals surface area contributed by atoms with Crippen LogP contribution in [0.15, 0.2) is 41.9 Å². The summed E-state index contributed by atoms with van der Waals surface area (Å²) in [7, 11) is 1.60. The number of aryl methyl sites for hydroxylation is 1. The maximum atomic E-state index is 14.6. The van der Waals surface area contributed by atoms with Gasteiger partial charge in [0.25, 0.3) is 5.91 Å². The van der Waals surface area contributed by atoms with E-state index in [1.54, 1.807) is 27.8 Å². The van der Waals surface area contributed by atoms with Crippen molar-refractivity contribution in [1.29, 1.82) is 0 Å². The van der Waals surface area contributed by atoms with Gasteiger partial charge in [0.1, 0.15) is 23.7 Å². The normalized spacial score (nSPS) is 20.9. The van der Waals surface area contributed by atoms with Crippen LogP contribution in [0.25, 0.3) is 33.4 Å². The van der Waals surface area contributed by atoms with Crippen LogP contribution in [0.4, 0.5) is 4.79 Å². The van der Waals surface area contributed by atoms with E-state index in [2.05, 4.69) is 74.2 Å². The highest BCUT2D eigenvalue weighted by molar-refractivity contribution is 7.10. The lowest BCUT2D eigenvalue weighted by atomic mass is 9.84. The second kappa shape index (κ2) is 19.5. The lowest BCUT2D eigenvalue weighted by Crippen LogP contribution is -2.62. The molecule has 2 saturated heterocycles. The lowest BCUT2D eigenvalue weighted by molar-refractivity contribution is -0.155. The molecule has 0 unspecified atom stereocenters. The summed E-state index contributed by atoms with van der Waals surface area (Å²) < 4.78 is 14.0. The molecule has 7 rings (SSSR count). The highest BCUT2D eigenvalue weighted by Gasteiger charge is 2.41. The standard InChI is InChI=1S/C50H68N8O7S/c1-12-57-39-18-17-31-23-34(39)35(43(57)33-15-13-20-51-41(33)29(2)3)25-50(9,10)28-64-47(62)36-16-14-21-58(54-36)46(61)37(24-40-52-38(31)27-66-40)53-44(59)42(30(4)5)55(11)45(60)32-19-22-56(26-32)48(63)65-49(6,7)8/h13,15,17-18,20,23,27,29-30,32,36-37,42,54H,12,14,16,19,21-22,24-26,28H2,1-11H3,(H,53,59)/t32-,36+,37+,42+/m1/s1. The van der Waals surface area contributed by atoms with E-state index in [0.717, 1.165) is 51.2 Å². The Morgan fingerprint density at radius 3 is 2.55 bits per heavy atom. The molecule has 2 fully saturated rings. The van der Waals surface area contributed by atoms with Gasteiger partial charge in [-0.3, -0.25) is 29.2 Å². The summed E-state index contributed by atoms with van der Waals surface area (Å²) in [5.41, 5.74) is 9.09. The molecular weight excluding hydrogens is 857 g/mol. The second-order valence-corrected chi connectivity index (χ2v) is 21.5. The van der Waals surface area contributed by atoms with Gasteiger partial charge in [0.15, 0.2) is 0 Å². The van der Waals surface area contributed by atoms with Crippen LogP contribution in [0.3, 0.4) is 0 Å². The van der Waals surface area contributed by atoms with Gasteiger partial charge in [-0.05, 0) is 95.0 Å². The summed E-state index contributed by atoms with van der Waals surface area (Å²) in [4.78, 5) is 82.8. The van der Waals surface area contributed by atoms with Crippen LogP contribution in [0, 0.1) is 17.3 Å². The molecular formula is C50H68N8O7S. The number of rotatable bonds is 8. The summed E-state index contributed by atoms with van der Waals surface area (Å²) in [6.07, 6.45) is 3.52. The van der Waals surface area contributed by atoms with E-state index < -0.39 is 58.9 Å². The Morgan fingerprint density at radius 2 is 1.85 bits per heavy atom. The number of carbonyl (C=O) groups is 5. The van der Waals surface area contributed by atoms with E-state index in [1.807, 2.05) is 31.5 Å². The van der Waals surface area contributed by atoms with Gasteiger partial charge in [-0.1, -0.05) is 47.6 Å². The predicted octanol–water partition coefficient (Wildman–Crippen LogP) is 7.36. The third-order valence-corrected chi connectivity index (χ3v) is 13.7. The summed E-state index contributed by atoms with van der Waals surface area (Å²) >= 11 is 1.41. The molecule has 15 nitrogen and oxygen atoms in total. The van der Waals surface area contributed by atoms with E-state index in [-0.39, 0.29) is 37.3 Å². The first-order chi connectivity index (χ1) is 31.2. The molecule has 66 heavy (non-hydrogen) atoms. The van der Waals surface area contributed by atoms with Crippen molar-refractivity contribution in [2.75, 3.05) is 33.3 Å². The minimum absolute atomic E-state index is 0.0789. The van der Waals surface area contributed by atoms with Gasteiger partial charge in [0.05, 0.1) is 34.6 Å². The lowest BCUT2D eigenvalue weighted by Gasteiger charge is -2.37. The number of nitrogens with one attached hydrogen (secondary N) is 2. The van der Waals surface area contributed by atoms with E-state index in [9.17, 15) is 24.0 Å². The summed E-state index contributed by atoms with van der Waals surface area (Å²) in [6.45, 7) is 21.6. The van der Waals surface area contributed by atoms with Crippen LogP contribution in [0.2, 0.25) is 0 Å². The van der Waals surface area contributed by atoms with Crippen molar-refractivity contribution in [2.45, 2.75) is 138 Å². The van der Waals surface area contributed by atoms with Crippen LogP contribution < -0.4 is 10.7 Å². The van der Waals surface area contributed by atoms with Gasteiger partial charge in [0.2, 0.25) is 11.8 Å². The topological polar surface area (TPSA) is 168 Å². The summed E-state index contributed by atoms with van der Waals surface area (Å²) in [5.74, 6) is -2.27. The minimum Gasteiger partial charge on any atom is -0.464 e. The Balaban J connectivity index is 1.23. The first-order valence-corrected chi connectivity index (χ1v) is 24.4. The molecule has 3 aromatic heterocycles. The molecule has 3 aliphatic rings. The quantitative estimate of drug-likeness (QED) is 0.171. The summed E-state index contributed by atoms with van der Waals surface area (Å²) in [5, 5.41) is 8.16. The fraction of sp³-hybridized carbons (Fsp3) is 0.580. The van der Waals surface area contributed by atoms with Gasteiger partial charge >= 0.3 is 12.1 Å². The van der Waals surface area contributed by atoms with Crippen molar-refractivity contribution in [2.24, 2.45) is 17.3 Å². The Bertz CT molecular complexity index is 2470. The fourth-order valence-corrected chi connectivity index (χ4v) is 10.5. The van der Waals surface area contributed by atoms with Crippen molar-refractivity contribution in [1.82, 2.24) is 40.1 Å². The van der Waals surface area contributed by atoms with Crippen molar-refractivity contribution in [3.05, 3.63) is 58.2 Å². The zero-order chi connectivity index (χ0) is 47.8. The van der Waals surface area contributed by atoms with Gasteiger partial charge in [-0.25, -0.2) is 15.2 Å². The third kappa shape index (κ3) is 10.4. The molecule has 0 spiro atoms. The van der Waals surface area contributed by atoms with Crippen molar-refractivity contribution >= 4 is 52.0 Å². The number of likely N-dealkylation sites (tertiary alicyclic amines) is 1. The van der Waals surface area contributed by atoms with E-state index in [1.165, 1.54) is 26.1 Å². The second-order valence-electron chi connectivity index (χ2n) is 20.6. The van der Waals surface area contributed by atoms with E-state index in [0.29, 0.717) is 43.8 Å². The minimum atomic E-state index is -1.08. The molecule has 6 heterocycles. The molecule has 0 radical (unpaired) electrons. The first kappa shape index (κ1) is 48.6. The fourth-order valence-electron chi connectivity index (χ4n) is 9.65. The first-order valence-electron chi connectivity index (χ1n) is 23.5. The van der Waals surface area contributed by atoms with Crippen LogP contribution in [0.5, 0.6) is 0 Å². The molecule has 2 N–H and O–H groups in total. The number of hydrogen-bond donors (Lipinski definition) is 2. The number of esters is 1. The highest BCUT2D eigenvalue weighted by Crippen LogP contribution is 2.42. The van der Waals surface area contributed by atoms with E-state index in [4.69, 9.17) is 19.4 Å². The smallest absolute Gasteiger partial charge is 0.410 e. The monoisotopic (exact) mass is 924 g/mol. The largest absolute Gasteiger partial charge is 0.464 e. The number of aromatic nitrogens is 3. The van der Waals surface area contributed by atoms with Crippen LogP contribution in [-0.2, 0) is 48.0 Å². The number of hydrazine groups is 1. The molecule has 3 aliphatic heterocycles. The van der Waals surface area contributed by atoms with Crippen LogP contribution in [-0.4, -0.2) is 116 Å². The number of thiazole rings is 1. The molecule has 1 aromatic carbocycles. The number of nitrogens with zero attached hydrogens (tertiary/aromatic N) is 6. The van der Waals surface area contributed by atoms with Crippen molar-refractivity contribution in [3.63, 3.8) is 0 Å². The molecule has 6 bridgehead atoms. The van der Waals surface area contributed by atoms with E-state index >= 15 is 0 Å². The average Bonchev–Trinajstić information content (AvgIpc) is 4.02. The third-order valence-electron chi connectivity index (χ3n) is 12.8. The number of benzene rings is 1. The number of ether oxygens (including phenoxy) is 2. The molecule has 0 saturated carbocycles. The van der Waals surface area contributed by atoms with Gasteiger partial charge < -0.3 is 29.2 Å². The van der Waals surface area contributed by atoms with Crippen LogP contribution >= 0.6 is 11.3 Å². The zero-order valence-electron chi connectivity index (χ0n) is 40.5. The highest BCUT2D eigenvalue weighted by atomic mass is 32.1. The molecule has 4 amide bonds. The van der Waals surface area contributed by atoms with Crippen molar-refractivity contribution in [3.8, 4) is 22.5 Å². The SMILES string of the molecule is CCn1c(-c2cccnc2C(C)C)c2c3cc(ccc31)-c1csc(n1)C[C@H](NC(=O)[C@H](C(C)C)N(C)C(=O)[C@@H]1CCN(C(=O)OC(C)(C)C)C1)C(=O)N1CCC[C@H](N1)C(=O)OCC(C)(C)C2. The Labute approximate surface area is 393 Å². The number of likely N-dealkylation sites (N-methyl/N-ethyl adjacent to an activating group) is 1. The molecule has 4 aromatic rings.